The van der Waals surface area contributed by atoms with Crippen LogP contribution in [0.25, 0.3) is 11.1 Å². The van der Waals surface area contributed by atoms with E-state index in [1.807, 2.05) is 36.4 Å². The summed E-state index contributed by atoms with van der Waals surface area (Å²) in [6, 6.07) is 13.4. The summed E-state index contributed by atoms with van der Waals surface area (Å²) in [5, 5.41) is 9.28. The van der Waals surface area contributed by atoms with Crippen molar-refractivity contribution in [3.8, 4) is 22.8 Å². The van der Waals surface area contributed by atoms with Gasteiger partial charge in [-0.2, -0.15) is 0 Å². The van der Waals surface area contributed by atoms with E-state index in [1.54, 1.807) is 13.0 Å². The fourth-order valence-corrected chi connectivity index (χ4v) is 5.33. The second kappa shape index (κ2) is 11.1. The molecular formula is C30H32F2N2O4. The van der Waals surface area contributed by atoms with Crippen molar-refractivity contribution in [1.29, 1.82) is 0 Å². The third kappa shape index (κ3) is 5.65. The Morgan fingerprint density at radius 3 is 2.79 bits per heavy atom. The number of aliphatic carboxylic acids is 1. The molecule has 38 heavy (non-hydrogen) atoms. The minimum atomic E-state index is -0.851. The standard InChI is InChI=1S/C30H32F2N2O4/c1-18(30(35)36)11-19-3-4-20-6-8-27(38-28(20)12-19)21-5-7-24(25-14-29(37-2)33-15-26(25)32)22(13-21)16-34-10-9-23(31)17-34/h3-5,7,12-15,18,23,27H,6,8-11,16-17H2,1-2H3,(H,35,36)/t18-,23?,27?/m0/s1. The van der Waals surface area contributed by atoms with E-state index in [4.69, 9.17) is 9.47 Å². The molecule has 0 saturated carbocycles. The van der Waals surface area contributed by atoms with Gasteiger partial charge in [0.1, 0.15) is 23.8 Å². The lowest BCUT2D eigenvalue weighted by molar-refractivity contribution is -0.141. The maximum atomic E-state index is 14.9. The number of methoxy groups -OCH3 is 1. The van der Waals surface area contributed by atoms with Crippen LogP contribution in [0.3, 0.4) is 0 Å². The van der Waals surface area contributed by atoms with Gasteiger partial charge < -0.3 is 14.6 Å². The molecule has 6 nitrogen and oxygen atoms in total. The summed E-state index contributed by atoms with van der Waals surface area (Å²) in [5.41, 5.74) is 4.99. The highest BCUT2D eigenvalue weighted by Gasteiger charge is 2.26. The average Bonchev–Trinajstić information content (AvgIpc) is 3.33. The van der Waals surface area contributed by atoms with E-state index in [0.717, 1.165) is 52.6 Å². The first-order valence-corrected chi connectivity index (χ1v) is 13.0. The third-order valence-electron chi connectivity index (χ3n) is 7.48. The molecule has 2 unspecified atom stereocenters. The second-order valence-electron chi connectivity index (χ2n) is 10.3. The number of nitrogens with zero attached hydrogens (tertiary/aromatic N) is 2. The van der Waals surface area contributed by atoms with Gasteiger partial charge in [0.15, 0.2) is 0 Å². The van der Waals surface area contributed by atoms with E-state index in [2.05, 4.69) is 9.88 Å². The summed E-state index contributed by atoms with van der Waals surface area (Å²) in [6.07, 6.45) is 2.65. The Hall–Kier alpha value is -3.52. The zero-order valence-electron chi connectivity index (χ0n) is 21.6. The van der Waals surface area contributed by atoms with Crippen LogP contribution in [0.15, 0.2) is 48.7 Å². The Balaban J connectivity index is 1.45. The molecule has 0 radical (unpaired) electrons. The molecule has 2 aliphatic rings. The summed E-state index contributed by atoms with van der Waals surface area (Å²) in [7, 11) is 1.49. The van der Waals surface area contributed by atoms with Gasteiger partial charge in [-0.05, 0) is 59.6 Å². The van der Waals surface area contributed by atoms with E-state index in [0.29, 0.717) is 43.9 Å². The number of alkyl halides is 1. The summed E-state index contributed by atoms with van der Waals surface area (Å²) in [5.74, 6) is -0.664. The summed E-state index contributed by atoms with van der Waals surface area (Å²) < 4.78 is 40.5. The number of aryl methyl sites for hydroxylation is 1. The van der Waals surface area contributed by atoms with E-state index in [-0.39, 0.29) is 6.10 Å². The smallest absolute Gasteiger partial charge is 0.306 e. The molecule has 200 valence electrons. The number of benzene rings is 2. The fraction of sp³-hybridized carbons (Fsp3) is 0.400. The van der Waals surface area contributed by atoms with Crippen molar-refractivity contribution in [3.63, 3.8) is 0 Å². The molecule has 2 aliphatic heterocycles. The highest BCUT2D eigenvalue weighted by Crippen LogP contribution is 2.38. The summed E-state index contributed by atoms with van der Waals surface area (Å²) in [6.45, 7) is 3.20. The van der Waals surface area contributed by atoms with Gasteiger partial charge in [0.05, 0.1) is 19.2 Å². The van der Waals surface area contributed by atoms with Gasteiger partial charge in [0.25, 0.3) is 0 Å². The van der Waals surface area contributed by atoms with Crippen LogP contribution in [0, 0.1) is 11.7 Å². The Morgan fingerprint density at radius 2 is 2.05 bits per heavy atom. The van der Waals surface area contributed by atoms with Crippen LogP contribution in [-0.4, -0.2) is 47.3 Å². The van der Waals surface area contributed by atoms with Crippen LogP contribution in [0.4, 0.5) is 8.78 Å². The number of carbonyl (C=O) groups is 1. The maximum absolute atomic E-state index is 14.9. The Bertz CT molecular complexity index is 1330. The van der Waals surface area contributed by atoms with Crippen LogP contribution in [0.1, 0.15) is 48.1 Å². The number of pyridine rings is 1. The first-order chi connectivity index (χ1) is 18.3. The molecule has 5 rings (SSSR count). The lowest BCUT2D eigenvalue weighted by Crippen LogP contribution is -2.21. The molecule has 1 fully saturated rings. The van der Waals surface area contributed by atoms with Crippen molar-refractivity contribution in [2.24, 2.45) is 5.92 Å². The Morgan fingerprint density at radius 1 is 1.21 bits per heavy atom. The molecule has 1 N–H and O–H groups in total. The predicted octanol–water partition coefficient (Wildman–Crippen LogP) is 5.77. The van der Waals surface area contributed by atoms with Crippen molar-refractivity contribution in [1.82, 2.24) is 9.88 Å². The number of likely N-dealkylation sites (tertiary alicyclic amines) is 1. The largest absolute Gasteiger partial charge is 0.485 e. The van der Waals surface area contributed by atoms with E-state index in [9.17, 15) is 18.7 Å². The molecule has 3 aromatic rings. The lowest BCUT2D eigenvalue weighted by Gasteiger charge is -2.28. The molecule has 0 spiro atoms. The van der Waals surface area contributed by atoms with Gasteiger partial charge in [-0.1, -0.05) is 37.3 Å². The fourth-order valence-electron chi connectivity index (χ4n) is 5.33. The molecule has 1 saturated heterocycles. The molecule has 3 heterocycles. The van der Waals surface area contributed by atoms with Crippen LogP contribution in [-0.2, 0) is 24.2 Å². The molecule has 3 atom stereocenters. The van der Waals surface area contributed by atoms with Crippen molar-refractivity contribution in [2.75, 3.05) is 20.2 Å². The number of hydrogen-bond acceptors (Lipinski definition) is 5. The van der Waals surface area contributed by atoms with Crippen LogP contribution < -0.4 is 9.47 Å². The maximum Gasteiger partial charge on any atom is 0.306 e. The van der Waals surface area contributed by atoms with Crippen molar-refractivity contribution in [3.05, 3.63) is 76.7 Å². The quantitative estimate of drug-likeness (QED) is 0.405. The van der Waals surface area contributed by atoms with Crippen LogP contribution >= 0.6 is 0 Å². The number of hydrogen-bond donors (Lipinski definition) is 1. The monoisotopic (exact) mass is 522 g/mol. The normalized spacial score (nSPS) is 20.0. The van der Waals surface area contributed by atoms with Gasteiger partial charge in [0, 0.05) is 31.3 Å². The molecule has 1 aromatic heterocycles. The number of carboxylic acid groups (broad SMARTS) is 1. The molecule has 2 aromatic carbocycles. The molecule has 8 heteroatoms. The minimum Gasteiger partial charge on any atom is -0.485 e. The lowest BCUT2D eigenvalue weighted by atomic mass is 9.91. The summed E-state index contributed by atoms with van der Waals surface area (Å²) >= 11 is 0. The predicted molar refractivity (Wildman–Crippen MR) is 140 cm³/mol. The van der Waals surface area contributed by atoms with Gasteiger partial charge in [-0.15, -0.1) is 0 Å². The minimum absolute atomic E-state index is 0.202. The Kier molecular flexibility index (Phi) is 7.61. The topological polar surface area (TPSA) is 71.9 Å². The Labute approximate surface area is 221 Å². The third-order valence-corrected chi connectivity index (χ3v) is 7.48. The van der Waals surface area contributed by atoms with Crippen molar-refractivity contribution in [2.45, 2.75) is 51.4 Å². The number of aromatic nitrogens is 1. The SMILES string of the molecule is COc1cc(-c2ccc(C3CCc4ccc(C[C@H](C)C(=O)O)cc4O3)cc2CN2CCC(F)C2)c(F)cn1. The molecule has 0 aliphatic carbocycles. The molecule has 0 amide bonds. The number of ether oxygens (including phenoxy) is 2. The highest BCUT2D eigenvalue weighted by molar-refractivity contribution is 5.70. The van der Waals surface area contributed by atoms with Crippen molar-refractivity contribution < 1.29 is 28.2 Å². The van der Waals surface area contributed by atoms with Crippen LogP contribution in [0.5, 0.6) is 11.6 Å². The van der Waals surface area contributed by atoms with Gasteiger partial charge in [0.2, 0.25) is 5.88 Å². The first kappa shape index (κ1) is 26.1. The zero-order chi connectivity index (χ0) is 26.8. The first-order valence-electron chi connectivity index (χ1n) is 13.0. The van der Waals surface area contributed by atoms with E-state index < -0.39 is 23.9 Å². The van der Waals surface area contributed by atoms with E-state index >= 15 is 0 Å². The summed E-state index contributed by atoms with van der Waals surface area (Å²) in [4.78, 5) is 17.3. The van der Waals surface area contributed by atoms with Gasteiger partial charge >= 0.3 is 5.97 Å². The molecular weight excluding hydrogens is 490 g/mol. The van der Waals surface area contributed by atoms with Crippen molar-refractivity contribution >= 4 is 5.97 Å². The molecule has 0 bridgehead atoms. The van der Waals surface area contributed by atoms with Gasteiger partial charge in [-0.25, -0.2) is 13.8 Å². The number of rotatable bonds is 8. The average molecular weight is 523 g/mol. The second-order valence-corrected chi connectivity index (χ2v) is 10.3. The number of fused-ring (bicyclic) bond motifs is 1. The van der Waals surface area contributed by atoms with E-state index in [1.165, 1.54) is 7.11 Å². The highest BCUT2D eigenvalue weighted by atomic mass is 19.1. The number of carboxylic acids is 1. The van der Waals surface area contributed by atoms with Gasteiger partial charge in [-0.3, -0.25) is 9.69 Å². The zero-order valence-corrected chi connectivity index (χ0v) is 21.6. The number of halogens is 2. The van der Waals surface area contributed by atoms with Crippen LogP contribution in [0.2, 0.25) is 0 Å².